The monoisotopic (exact) mass is 410 g/mol. The first-order chi connectivity index (χ1) is 13.5. The van der Waals surface area contributed by atoms with Crippen molar-refractivity contribution in [3.8, 4) is 17.6 Å². The number of rotatable bonds is 6. The van der Waals surface area contributed by atoms with E-state index in [2.05, 4.69) is 5.32 Å². The SMILES string of the molecule is N#C/C(=C/Nc1ccc(Oc2ccccc2)cc1)S(=O)(=O)c1ccc(Cl)cc1. The first-order valence-electron chi connectivity index (χ1n) is 8.19. The number of anilines is 1. The van der Waals surface area contributed by atoms with Gasteiger partial charge in [0.05, 0.1) is 4.90 Å². The molecule has 0 aromatic heterocycles. The first-order valence-corrected chi connectivity index (χ1v) is 10.1. The van der Waals surface area contributed by atoms with Gasteiger partial charge in [-0.25, -0.2) is 8.42 Å². The molecule has 0 fully saturated rings. The molecule has 0 saturated carbocycles. The Kier molecular flexibility index (Phi) is 5.99. The van der Waals surface area contributed by atoms with E-state index in [1.165, 1.54) is 24.3 Å². The predicted molar refractivity (Wildman–Crippen MR) is 109 cm³/mol. The normalized spacial score (nSPS) is 11.5. The molecule has 0 saturated heterocycles. The molecule has 0 bridgehead atoms. The van der Waals surface area contributed by atoms with Crippen LogP contribution >= 0.6 is 11.6 Å². The first kappa shape index (κ1) is 19.5. The van der Waals surface area contributed by atoms with Gasteiger partial charge in [-0.2, -0.15) is 5.26 Å². The number of benzene rings is 3. The summed E-state index contributed by atoms with van der Waals surface area (Å²) in [6.07, 6.45) is 1.16. The largest absolute Gasteiger partial charge is 0.457 e. The summed E-state index contributed by atoms with van der Waals surface area (Å²) in [6, 6.07) is 23.6. The van der Waals surface area contributed by atoms with Crippen molar-refractivity contribution in [2.24, 2.45) is 0 Å². The maximum absolute atomic E-state index is 12.6. The second kappa shape index (κ2) is 8.61. The standard InChI is InChI=1S/C21H15ClN2O3S/c22-16-6-12-20(13-7-16)28(25,26)21(14-23)15-24-17-8-10-19(11-9-17)27-18-4-2-1-3-5-18/h1-13,15,24H/b21-15-. The molecule has 1 N–H and O–H groups in total. The van der Waals surface area contributed by atoms with E-state index < -0.39 is 14.7 Å². The zero-order chi connectivity index (χ0) is 20.0. The fourth-order valence-electron chi connectivity index (χ4n) is 2.30. The van der Waals surface area contributed by atoms with Crippen LogP contribution in [-0.2, 0) is 9.84 Å². The van der Waals surface area contributed by atoms with Crippen LogP contribution in [0.5, 0.6) is 11.5 Å². The number of hydrogen-bond donors (Lipinski definition) is 1. The molecule has 7 heteroatoms. The Morgan fingerprint density at radius 1 is 0.929 bits per heavy atom. The zero-order valence-electron chi connectivity index (χ0n) is 14.5. The lowest BCUT2D eigenvalue weighted by Crippen LogP contribution is -2.05. The molecule has 0 radical (unpaired) electrons. The fourth-order valence-corrected chi connectivity index (χ4v) is 3.51. The molecular weight excluding hydrogens is 396 g/mol. The summed E-state index contributed by atoms with van der Waals surface area (Å²) in [5.74, 6) is 1.35. The second-order valence-corrected chi connectivity index (χ2v) is 8.02. The molecule has 3 rings (SSSR count). The van der Waals surface area contributed by atoms with Crippen LogP contribution in [0.2, 0.25) is 5.02 Å². The number of para-hydroxylation sites is 1. The van der Waals surface area contributed by atoms with Crippen molar-refractivity contribution in [1.29, 1.82) is 5.26 Å². The van der Waals surface area contributed by atoms with Crippen LogP contribution in [0.1, 0.15) is 0 Å². The van der Waals surface area contributed by atoms with Crippen molar-refractivity contribution in [2.75, 3.05) is 5.32 Å². The molecule has 0 spiro atoms. The lowest BCUT2D eigenvalue weighted by atomic mass is 10.3. The van der Waals surface area contributed by atoms with Gasteiger partial charge in [0.2, 0.25) is 9.84 Å². The van der Waals surface area contributed by atoms with E-state index in [-0.39, 0.29) is 4.90 Å². The predicted octanol–water partition coefficient (Wildman–Crippen LogP) is 5.38. The van der Waals surface area contributed by atoms with Gasteiger partial charge in [0, 0.05) is 16.9 Å². The average Bonchev–Trinajstić information content (AvgIpc) is 2.70. The van der Waals surface area contributed by atoms with Crippen molar-refractivity contribution in [3.63, 3.8) is 0 Å². The number of ether oxygens (including phenoxy) is 1. The third kappa shape index (κ3) is 4.71. The maximum Gasteiger partial charge on any atom is 0.218 e. The minimum atomic E-state index is -3.93. The van der Waals surface area contributed by atoms with E-state index in [9.17, 15) is 13.7 Å². The molecule has 28 heavy (non-hydrogen) atoms. The number of nitrogens with one attached hydrogen (secondary N) is 1. The number of halogens is 1. The van der Waals surface area contributed by atoms with Crippen LogP contribution in [0.15, 0.2) is 94.9 Å². The van der Waals surface area contributed by atoms with Gasteiger partial charge >= 0.3 is 0 Å². The van der Waals surface area contributed by atoms with E-state index in [0.29, 0.717) is 22.2 Å². The van der Waals surface area contributed by atoms with E-state index in [1.54, 1.807) is 30.3 Å². The van der Waals surface area contributed by atoms with Gasteiger partial charge in [-0.05, 0) is 60.7 Å². The van der Waals surface area contributed by atoms with Gasteiger partial charge in [-0.3, -0.25) is 0 Å². The van der Waals surface area contributed by atoms with E-state index in [1.807, 2.05) is 30.3 Å². The highest BCUT2D eigenvalue weighted by Gasteiger charge is 2.20. The van der Waals surface area contributed by atoms with Gasteiger partial charge in [0.1, 0.15) is 17.6 Å². The van der Waals surface area contributed by atoms with Crippen LogP contribution in [0, 0.1) is 11.3 Å². The highest BCUT2D eigenvalue weighted by atomic mass is 35.5. The Bertz CT molecular complexity index is 1120. The number of sulfone groups is 1. The summed E-state index contributed by atoms with van der Waals surface area (Å²) in [7, 11) is -3.93. The molecular formula is C21H15ClN2O3S. The maximum atomic E-state index is 12.6. The van der Waals surface area contributed by atoms with E-state index >= 15 is 0 Å². The van der Waals surface area contributed by atoms with Crippen molar-refractivity contribution < 1.29 is 13.2 Å². The topological polar surface area (TPSA) is 79.2 Å². The Balaban J connectivity index is 1.74. The summed E-state index contributed by atoms with van der Waals surface area (Å²) in [5, 5.41) is 12.5. The molecule has 3 aromatic rings. The van der Waals surface area contributed by atoms with Crippen LogP contribution < -0.4 is 10.1 Å². The van der Waals surface area contributed by atoms with Crippen LogP contribution in [0.4, 0.5) is 5.69 Å². The quantitative estimate of drug-likeness (QED) is 0.551. The third-order valence-corrected chi connectivity index (χ3v) is 5.66. The van der Waals surface area contributed by atoms with Crippen molar-refractivity contribution >= 4 is 27.1 Å². The summed E-state index contributed by atoms with van der Waals surface area (Å²) in [5.41, 5.74) is 0.611. The highest BCUT2D eigenvalue weighted by Crippen LogP contribution is 2.24. The molecule has 5 nitrogen and oxygen atoms in total. The zero-order valence-corrected chi connectivity index (χ0v) is 16.1. The summed E-state index contributed by atoms with van der Waals surface area (Å²) < 4.78 is 30.8. The Hall–Kier alpha value is -3.27. The smallest absolute Gasteiger partial charge is 0.218 e. The lowest BCUT2D eigenvalue weighted by Gasteiger charge is -2.07. The second-order valence-electron chi connectivity index (χ2n) is 5.66. The van der Waals surface area contributed by atoms with Crippen LogP contribution in [0.25, 0.3) is 0 Å². The number of allylic oxidation sites excluding steroid dienone is 1. The molecule has 0 amide bonds. The summed E-state index contributed by atoms with van der Waals surface area (Å²) >= 11 is 5.78. The van der Waals surface area contributed by atoms with Crippen molar-refractivity contribution in [2.45, 2.75) is 4.90 Å². The summed E-state index contributed by atoms with van der Waals surface area (Å²) in [6.45, 7) is 0. The van der Waals surface area contributed by atoms with E-state index in [4.69, 9.17) is 16.3 Å². The third-order valence-electron chi connectivity index (χ3n) is 3.73. The van der Waals surface area contributed by atoms with Gasteiger partial charge in [-0.15, -0.1) is 0 Å². The summed E-state index contributed by atoms with van der Waals surface area (Å²) in [4.78, 5) is -0.405. The van der Waals surface area contributed by atoms with Crippen LogP contribution in [-0.4, -0.2) is 8.42 Å². The molecule has 0 aliphatic rings. The Labute approximate surface area is 168 Å². The molecule has 0 aliphatic heterocycles. The fraction of sp³-hybridized carbons (Fsp3) is 0. The Morgan fingerprint density at radius 2 is 1.54 bits per heavy atom. The lowest BCUT2D eigenvalue weighted by molar-refractivity contribution is 0.483. The molecule has 3 aromatic carbocycles. The molecule has 0 unspecified atom stereocenters. The molecule has 0 atom stereocenters. The number of nitrogens with zero attached hydrogens (tertiary/aromatic N) is 1. The van der Waals surface area contributed by atoms with Gasteiger partial charge < -0.3 is 10.1 Å². The minimum Gasteiger partial charge on any atom is -0.457 e. The van der Waals surface area contributed by atoms with Crippen LogP contribution in [0.3, 0.4) is 0 Å². The average molecular weight is 411 g/mol. The van der Waals surface area contributed by atoms with Gasteiger partial charge in [0.15, 0.2) is 4.91 Å². The van der Waals surface area contributed by atoms with Gasteiger partial charge in [0.25, 0.3) is 0 Å². The molecule has 140 valence electrons. The molecule has 0 heterocycles. The Morgan fingerprint density at radius 3 is 2.14 bits per heavy atom. The van der Waals surface area contributed by atoms with Crippen molar-refractivity contribution in [1.82, 2.24) is 0 Å². The number of nitriles is 1. The van der Waals surface area contributed by atoms with Gasteiger partial charge in [-0.1, -0.05) is 29.8 Å². The highest BCUT2D eigenvalue weighted by molar-refractivity contribution is 7.95. The minimum absolute atomic E-state index is 0.00175. The van der Waals surface area contributed by atoms with Crippen molar-refractivity contribution in [3.05, 3.63) is 95.0 Å². The molecule has 0 aliphatic carbocycles. The number of hydrogen-bond acceptors (Lipinski definition) is 5. The van der Waals surface area contributed by atoms with E-state index in [0.717, 1.165) is 6.20 Å².